The number of nitrogens with two attached hydrogens (primary N) is 1. The average molecular weight is 301 g/mol. The first-order chi connectivity index (χ1) is 10.1. The van der Waals surface area contributed by atoms with Crippen LogP contribution in [0.3, 0.4) is 0 Å². The van der Waals surface area contributed by atoms with Gasteiger partial charge < -0.3 is 10.3 Å². The lowest BCUT2D eigenvalue weighted by atomic mass is 10.1. The van der Waals surface area contributed by atoms with Crippen LogP contribution in [-0.2, 0) is 0 Å². The van der Waals surface area contributed by atoms with E-state index in [0.717, 1.165) is 22.6 Å². The van der Waals surface area contributed by atoms with Crippen LogP contribution >= 0.6 is 11.6 Å². The van der Waals surface area contributed by atoms with Gasteiger partial charge in [0.05, 0.1) is 5.02 Å². The molecule has 4 nitrogen and oxygen atoms in total. The number of pyridine rings is 1. The van der Waals surface area contributed by atoms with Crippen LogP contribution in [0.15, 0.2) is 36.5 Å². The van der Waals surface area contributed by atoms with Crippen molar-refractivity contribution in [1.82, 2.24) is 14.5 Å². The number of aryl methyl sites for hydroxylation is 1. The van der Waals surface area contributed by atoms with Gasteiger partial charge >= 0.3 is 0 Å². The van der Waals surface area contributed by atoms with Crippen molar-refractivity contribution in [2.45, 2.75) is 19.9 Å². The molecule has 3 aromatic rings. The second-order valence-electron chi connectivity index (χ2n) is 5.25. The van der Waals surface area contributed by atoms with Crippen LogP contribution in [0, 0.1) is 6.92 Å². The molecule has 2 heterocycles. The van der Waals surface area contributed by atoms with Gasteiger partial charge in [0.15, 0.2) is 5.65 Å². The number of nitrogens with zero attached hydrogens (tertiary/aromatic N) is 3. The first-order valence-corrected chi connectivity index (χ1v) is 7.28. The highest BCUT2D eigenvalue weighted by atomic mass is 35.5. The third kappa shape index (κ3) is 2.52. The van der Waals surface area contributed by atoms with Gasteiger partial charge in [0.2, 0.25) is 0 Å². The fourth-order valence-electron chi connectivity index (χ4n) is 2.39. The van der Waals surface area contributed by atoms with Crippen molar-refractivity contribution in [3.8, 4) is 11.4 Å². The van der Waals surface area contributed by atoms with Gasteiger partial charge in [-0.05, 0) is 19.9 Å². The zero-order valence-electron chi connectivity index (χ0n) is 12.0. The summed E-state index contributed by atoms with van der Waals surface area (Å²) in [5.41, 5.74) is 9.72. The molecule has 0 fully saturated rings. The molecule has 108 valence electrons. The van der Waals surface area contributed by atoms with Crippen LogP contribution in [0.2, 0.25) is 5.02 Å². The normalized spacial score (nSPS) is 12.8. The summed E-state index contributed by atoms with van der Waals surface area (Å²) in [5, 5.41) is 0.586. The van der Waals surface area contributed by atoms with E-state index in [1.807, 2.05) is 6.07 Å². The Morgan fingerprint density at radius 3 is 2.67 bits per heavy atom. The molecule has 0 aliphatic rings. The second-order valence-corrected chi connectivity index (χ2v) is 5.69. The molecule has 0 saturated heterocycles. The average Bonchev–Trinajstić information content (AvgIpc) is 2.85. The van der Waals surface area contributed by atoms with Crippen molar-refractivity contribution >= 4 is 22.8 Å². The molecule has 0 spiro atoms. The predicted molar refractivity (Wildman–Crippen MR) is 86.5 cm³/mol. The minimum absolute atomic E-state index is 0.111. The Hall–Kier alpha value is -1.91. The van der Waals surface area contributed by atoms with Crippen molar-refractivity contribution in [2.75, 3.05) is 6.54 Å². The number of rotatable bonds is 3. The summed E-state index contributed by atoms with van der Waals surface area (Å²) in [6, 6.07) is 10.2. The Morgan fingerprint density at radius 1 is 1.29 bits per heavy atom. The molecule has 0 aliphatic heterocycles. The van der Waals surface area contributed by atoms with Crippen LogP contribution in [-0.4, -0.2) is 21.1 Å². The third-order valence-electron chi connectivity index (χ3n) is 3.59. The van der Waals surface area contributed by atoms with Gasteiger partial charge in [-0.3, -0.25) is 0 Å². The summed E-state index contributed by atoms with van der Waals surface area (Å²) >= 11 is 6.02. The molecular weight excluding hydrogens is 284 g/mol. The zero-order valence-corrected chi connectivity index (χ0v) is 12.8. The van der Waals surface area contributed by atoms with Crippen LogP contribution in [0.1, 0.15) is 18.5 Å². The van der Waals surface area contributed by atoms with E-state index in [2.05, 4.69) is 47.7 Å². The second kappa shape index (κ2) is 5.47. The summed E-state index contributed by atoms with van der Waals surface area (Å²) in [6.45, 7) is 4.65. The maximum atomic E-state index is 6.02. The smallest absolute Gasteiger partial charge is 0.160 e. The fraction of sp³-hybridized carbons (Fsp3) is 0.250. The van der Waals surface area contributed by atoms with Gasteiger partial charge in [0.25, 0.3) is 0 Å². The number of imidazole rings is 1. The van der Waals surface area contributed by atoms with E-state index >= 15 is 0 Å². The Kier molecular flexibility index (Phi) is 3.66. The lowest BCUT2D eigenvalue weighted by Gasteiger charge is -2.15. The lowest BCUT2D eigenvalue weighted by molar-refractivity contribution is 0.575. The predicted octanol–water partition coefficient (Wildman–Crippen LogP) is 3.58. The summed E-state index contributed by atoms with van der Waals surface area (Å²) in [6.07, 6.45) is 1.64. The minimum Gasteiger partial charge on any atom is -0.328 e. The fourth-order valence-corrected chi connectivity index (χ4v) is 2.54. The van der Waals surface area contributed by atoms with Gasteiger partial charge in [-0.1, -0.05) is 41.4 Å². The molecule has 21 heavy (non-hydrogen) atoms. The van der Waals surface area contributed by atoms with Crippen molar-refractivity contribution in [2.24, 2.45) is 5.73 Å². The summed E-state index contributed by atoms with van der Waals surface area (Å²) < 4.78 is 2.08. The van der Waals surface area contributed by atoms with E-state index in [1.54, 1.807) is 6.20 Å². The van der Waals surface area contributed by atoms with Crippen molar-refractivity contribution < 1.29 is 0 Å². The molecule has 0 amide bonds. The van der Waals surface area contributed by atoms with Crippen molar-refractivity contribution in [3.05, 3.63) is 47.1 Å². The SMILES string of the molecule is Cc1ccc(-c2nc3cc(Cl)cnc3n2C(C)CN)cc1. The van der Waals surface area contributed by atoms with Gasteiger partial charge in [-0.2, -0.15) is 0 Å². The van der Waals surface area contributed by atoms with E-state index < -0.39 is 0 Å². The number of halogens is 1. The van der Waals surface area contributed by atoms with E-state index in [0.29, 0.717) is 11.6 Å². The quantitative estimate of drug-likeness (QED) is 0.804. The summed E-state index contributed by atoms with van der Waals surface area (Å²) in [5.74, 6) is 0.873. The van der Waals surface area contributed by atoms with Crippen molar-refractivity contribution in [1.29, 1.82) is 0 Å². The molecule has 0 radical (unpaired) electrons. The van der Waals surface area contributed by atoms with Gasteiger partial charge in [0.1, 0.15) is 11.3 Å². The van der Waals surface area contributed by atoms with Crippen LogP contribution in [0.25, 0.3) is 22.6 Å². The first kappa shape index (κ1) is 14.0. The number of benzene rings is 1. The summed E-state index contributed by atoms with van der Waals surface area (Å²) in [7, 11) is 0. The maximum Gasteiger partial charge on any atom is 0.160 e. The van der Waals surface area contributed by atoms with Crippen molar-refractivity contribution in [3.63, 3.8) is 0 Å². The Morgan fingerprint density at radius 2 is 2.00 bits per heavy atom. The molecular formula is C16H17ClN4. The van der Waals surface area contributed by atoms with Gasteiger partial charge in [0, 0.05) is 24.3 Å². The third-order valence-corrected chi connectivity index (χ3v) is 3.79. The molecule has 2 N–H and O–H groups in total. The van der Waals surface area contributed by atoms with Crippen LogP contribution in [0.4, 0.5) is 0 Å². The standard InChI is InChI=1S/C16H17ClN4/c1-10-3-5-12(6-4-10)15-20-14-7-13(17)9-19-16(14)21(15)11(2)8-18/h3-7,9,11H,8,18H2,1-2H3. The van der Waals surface area contributed by atoms with E-state index in [4.69, 9.17) is 22.3 Å². The molecule has 2 aromatic heterocycles. The topological polar surface area (TPSA) is 56.7 Å². The molecule has 1 aromatic carbocycles. The van der Waals surface area contributed by atoms with Crippen LogP contribution in [0.5, 0.6) is 0 Å². The maximum absolute atomic E-state index is 6.02. The summed E-state index contributed by atoms with van der Waals surface area (Å²) in [4.78, 5) is 9.13. The molecule has 5 heteroatoms. The number of fused-ring (bicyclic) bond motifs is 1. The van der Waals surface area contributed by atoms with Gasteiger partial charge in [-0.25, -0.2) is 9.97 Å². The molecule has 0 saturated carbocycles. The van der Waals surface area contributed by atoms with Gasteiger partial charge in [-0.15, -0.1) is 0 Å². The van der Waals surface area contributed by atoms with E-state index in [-0.39, 0.29) is 6.04 Å². The molecule has 0 bridgehead atoms. The monoisotopic (exact) mass is 300 g/mol. The highest BCUT2D eigenvalue weighted by Gasteiger charge is 2.17. The Balaban J connectivity index is 2.27. The van der Waals surface area contributed by atoms with E-state index in [9.17, 15) is 0 Å². The molecule has 1 atom stereocenters. The Labute approximate surface area is 128 Å². The number of hydrogen-bond donors (Lipinski definition) is 1. The molecule has 0 aliphatic carbocycles. The zero-order chi connectivity index (χ0) is 15.0. The highest BCUT2D eigenvalue weighted by molar-refractivity contribution is 6.31. The largest absolute Gasteiger partial charge is 0.328 e. The molecule has 3 rings (SSSR count). The van der Waals surface area contributed by atoms with E-state index in [1.165, 1.54) is 5.56 Å². The first-order valence-electron chi connectivity index (χ1n) is 6.90. The van der Waals surface area contributed by atoms with Crippen LogP contribution < -0.4 is 5.73 Å². The number of aromatic nitrogens is 3. The highest BCUT2D eigenvalue weighted by Crippen LogP contribution is 2.28. The number of hydrogen-bond acceptors (Lipinski definition) is 3. The molecule has 1 unspecified atom stereocenters. The Bertz CT molecular complexity index is 777. The minimum atomic E-state index is 0.111. The lowest BCUT2D eigenvalue weighted by Crippen LogP contribution is -2.17.